The molecule has 19 heavy (non-hydrogen) atoms. The molecule has 6 heteroatoms. The van der Waals surface area contributed by atoms with Gasteiger partial charge in [-0.1, -0.05) is 31.3 Å². The van der Waals surface area contributed by atoms with Gasteiger partial charge in [0.1, 0.15) is 5.01 Å². The Morgan fingerprint density at radius 3 is 2.79 bits per heavy atom. The quantitative estimate of drug-likeness (QED) is 0.921. The molecule has 1 amide bonds. The highest BCUT2D eigenvalue weighted by atomic mass is 32.1. The standard InChI is InChI=1S/C13H17N3OS2/c1-8(2)7-11-15-16-13(19-11)12(17)14-9(3)10-5-4-6-18-10/h4-6,8-9H,7H2,1-3H3,(H,14,17)/t9-/m1/s1. The highest BCUT2D eigenvalue weighted by Crippen LogP contribution is 2.19. The zero-order valence-electron chi connectivity index (χ0n) is 11.2. The van der Waals surface area contributed by atoms with E-state index in [1.54, 1.807) is 11.3 Å². The molecule has 2 aromatic heterocycles. The summed E-state index contributed by atoms with van der Waals surface area (Å²) in [5.41, 5.74) is 0. The Hall–Kier alpha value is -1.27. The van der Waals surface area contributed by atoms with Crippen LogP contribution in [0.3, 0.4) is 0 Å². The summed E-state index contributed by atoms with van der Waals surface area (Å²) < 4.78 is 0. The number of rotatable bonds is 5. The van der Waals surface area contributed by atoms with Crippen molar-refractivity contribution in [3.8, 4) is 0 Å². The van der Waals surface area contributed by atoms with Crippen molar-refractivity contribution in [2.24, 2.45) is 5.92 Å². The molecule has 2 aromatic rings. The summed E-state index contributed by atoms with van der Waals surface area (Å²) in [6.07, 6.45) is 0.866. The van der Waals surface area contributed by atoms with Crippen LogP contribution in [0.4, 0.5) is 0 Å². The average Bonchev–Trinajstić information content (AvgIpc) is 2.97. The van der Waals surface area contributed by atoms with Crippen LogP contribution in [0, 0.1) is 5.92 Å². The van der Waals surface area contributed by atoms with Gasteiger partial charge in [0.05, 0.1) is 6.04 Å². The van der Waals surface area contributed by atoms with Crippen molar-refractivity contribution in [2.75, 3.05) is 0 Å². The third-order valence-electron chi connectivity index (χ3n) is 2.56. The summed E-state index contributed by atoms with van der Waals surface area (Å²) in [4.78, 5) is 13.2. The molecule has 0 aliphatic heterocycles. The van der Waals surface area contributed by atoms with E-state index in [1.807, 2.05) is 24.4 Å². The lowest BCUT2D eigenvalue weighted by Gasteiger charge is -2.10. The average molecular weight is 295 g/mol. The fraction of sp³-hybridized carbons (Fsp3) is 0.462. The number of nitrogens with zero attached hydrogens (tertiary/aromatic N) is 2. The predicted molar refractivity (Wildman–Crippen MR) is 78.7 cm³/mol. The Labute approximate surface area is 120 Å². The van der Waals surface area contributed by atoms with Crippen LogP contribution in [0.15, 0.2) is 17.5 Å². The van der Waals surface area contributed by atoms with Crippen LogP contribution in [0.25, 0.3) is 0 Å². The number of hydrogen-bond donors (Lipinski definition) is 1. The third-order valence-corrected chi connectivity index (χ3v) is 4.56. The van der Waals surface area contributed by atoms with Crippen LogP contribution >= 0.6 is 22.7 Å². The van der Waals surface area contributed by atoms with Gasteiger partial charge in [0.25, 0.3) is 5.91 Å². The van der Waals surface area contributed by atoms with Crippen molar-refractivity contribution in [2.45, 2.75) is 33.2 Å². The van der Waals surface area contributed by atoms with Gasteiger partial charge < -0.3 is 5.32 Å². The van der Waals surface area contributed by atoms with E-state index in [1.165, 1.54) is 11.3 Å². The summed E-state index contributed by atoms with van der Waals surface area (Å²) in [5, 5.41) is 14.3. The fourth-order valence-corrected chi connectivity index (χ4v) is 3.33. The minimum Gasteiger partial charge on any atom is -0.343 e. The Balaban J connectivity index is 1.98. The van der Waals surface area contributed by atoms with Crippen molar-refractivity contribution in [1.29, 1.82) is 0 Å². The van der Waals surface area contributed by atoms with Crippen LogP contribution < -0.4 is 5.32 Å². The van der Waals surface area contributed by atoms with Gasteiger partial charge in [-0.25, -0.2) is 0 Å². The molecule has 2 heterocycles. The molecule has 0 aliphatic carbocycles. The molecule has 2 rings (SSSR count). The minimum atomic E-state index is -0.145. The lowest BCUT2D eigenvalue weighted by molar-refractivity contribution is 0.0939. The van der Waals surface area contributed by atoms with E-state index in [0.29, 0.717) is 10.9 Å². The summed E-state index contributed by atoms with van der Waals surface area (Å²) in [6, 6.07) is 4.00. The molecule has 0 radical (unpaired) electrons. The van der Waals surface area contributed by atoms with Crippen LogP contribution in [-0.2, 0) is 6.42 Å². The molecule has 0 saturated carbocycles. The second-order valence-corrected chi connectivity index (χ2v) is 6.85. The second-order valence-electron chi connectivity index (χ2n) is 4.81. The van der Waals surface area contributed by atoms with Gasteiger partial charge in [-0.2, -0.15) is 0 Å². The molecule has 0 saturated heterocycles. The van der Waals surface area contributed by atoms with E-state index in [4.69, 9.17) is 0 Å². The third kappa shape index (κ3) is 3.84. The van der Waals surface area contributed by atoms with Crippen LogP contribution in [0.2, 0.25) is 0 Å². The molecule has 1 N–H and O–H groups in total. The van der Waals surface area contributed by atoms with Crippen LogP contribution in [0.1, 0.15) is 46.5 Å². The molecule has 0 unspecified atom stereocenters. The largest absolute Gasteiger partial charge is 0.343 e. The van der Waals surface area contributed by atoms with Crippen molar-refractivity contribution in [3.63, 3.8) is 0 Å². The summed E-state index contributed by atoms with van der Waals surface area (Å²) in [6.45, 7) is 6.22. The van der Waals surface area contributed by atoms with Crippen molar-refractivity contribution in [3.05, 3.63) is 32.4 Å². The summed E-state index contributed by atoms with van der Waals surface area (Å²) in [5.74, 6) is 0.377. The summed E-state index contributed by atoms with van der Waals surface area (Å²) in [7, 11) is 0. The second kappa shape index (κ2) is 6.25. The molecule has 0 aliphatic rings. The van der Waals surface area contributed by atoms with E-state index in [2.05, 4.69) is 29.4 Å². The Kier molecular flexibility index (Phi) is 4.66. The normalized spacial score (nSPS) is 12.6. The molecular formula is C13H17N3OS2. The molecule has 0 spiro atoms. The van der Waals surface area contributed by atoms with Gasteiger partial charge in [0, 0.05) is 11.3 Å². The highest BCUT2D eigenvalue weighted by molar-refractivity contribution is 7.13. The van der Waals surface area contributed by atoms with Crippen molar-refractivity contribution in [1.82, 2.24) is 15.5 Å². The van der Waals surface area contributed by atoms with Gasteiger partial charge in [0.15, 0.2) is 0 Å². The Morgan fingerprint density at radius 2 is 2.16 bits per heavy atom. The minimum absolute atomic E-state index is 0.00458. The molecule has 0 bridgehead atoms. The molecular weight excluding hydrogens is 278 g/mol. The first-order valence-electron chi connectivity index (χ1n) is 6.23. The van der Waals surface area contributed by atoms with Gasteiger partial charge in [0.2, 0.25) is 5.01 Å². The number of aromatic nitrogens is 2. The monoisotopic (exact) mass is 295 g/mol. The first kappa shape index (κ1) is 14.1. The van der Waals surface area contributed by atoms with Crippen molar-refractivity contribution >= 4 is 28.6 Å². The number of carbonyl (C=O) groups excluding carboxylic acids is 1. The smallest absolute Gasteiger partial charge is 0.282 e. The predicted octanol–water partition coefficient (Wildman–Crippen LogP) is 3.29. The van der Waals surface area contributed by atoms with Crippen molar-refractivity contribution < 1.29 is 4.79 Å². The number of thiophene rings is 1. The maximum Gasteiger partial charge on any atom is 0.282 e. The number of amides is 1. The maximum absolute atomic E-state index is 12.1. The maximum atomic E-state index is 12.1. The topological polar surface area (TPSA) is 54.9 Å². The van der Waals surface area contributed by atoms with E-state index < -0.39 is 0 Å². The Morgan fingerprint density at radius 1 is 1.37 bits per heavy atom. The first-order valence-corrected chi connectivity index (χ1v) is 7.92. The van der Waals surface area contributed by atoms with E-state index in [9.17, 15) is 4.79 Å². The van der Waals surface area contributed by atoms with Crippen LogP contribution in [-0.4, -0.2) is 16.1 Å². The van der Waals surface area contributed by atoms with Gasteiger partial charge in [-0.3, -0.25) is 4.79 Å². The number of carbonyl (C=O) groups is 1. The van der Waals surface area contributed by atoms with Gasteiger partial charge >= 0.3 is 0 Å². The van der Waals surface area contributed by atoms with Gasteiger partial charge in [-0.05, 0) is 24.3 Å². The van der Waals surface area contributed by atoms with Gasteiger partial charge in [-0.15, -0.1) is 21.5 Å². The number of hydrogen-bond acceptors (Lipinski definition) is 5. The number of nitrogens with one attached hydrogen (secondary N) is 1. The summed E-state index contributed by atoms with van der Waals surface area (Å²) >= 11 is 3.01. The first-order chi connectivity index (χ1) is 9.06. The molecule has 1 atom stereocenters. The zero-order chi connectivity index (χ0) is 13.8. The molecule has 4 nitrogen and oxygen atoms in total. The molecule has 0 aromatic carbocycles. The molecule has 102 valence electrons. The molecule has 0 fully saturated rings. The van der Waals surface area contributed by atoms with Crippen LogP contribution in [0.5, 0.6) is 0 Å². The highest BCUT2D eigenvalue weighted by Gasteiger charge is 2.16. The van der Waals surface area contributed by atoms with E-state index in [0.717, 1.165) is 16.3 Å². The van der Waals surface area contributed by atoms with E-state index in [-0.39, 0.29) is 11.9 Å². The fourth-order valence-electron chi connectivity index (χ4n) is 1.64. The zero-order valence-corrected chi connectivity index (χ0v) is 12.8. The lowest BCUT2D eigenvalue weighted by Crippen LogP contribution is -2.25. The lowest BCUT2D eigenvalue weighted by atomic mass is 10.1. The SMILES string of the molecule is CC(C)Cc1nnc(C(=O)N[C@H](C)c2cccs2)s1. The van der Waals surface area contributed by atoms with E-state index >= 15 is 0 Å². The Bertz CT molecular complexity index is 534.